The van der Waals surface area contributed by atoms with Crippen molar-refractivity contribution in [3.63, 3.8) is 0 Å². The van der Waals surface area contributed by atoms with Gasteiger partial charge in [0.25, 0.3) is 0 Å². The quantitative estimate of drug-likeness (QED) is 0.461. The molecule has 2 N–H and O–H groups in total. The Morgan fingerprint density at radius 3 is 2.38 bits per heavy atom. The fraction of sp³-hybridized carbons (Fsp3) is 0.125. The normalized spacial score (nSPS) is 10.6. The standard InChI is InChI=1S/C24H23N5/c1-17-8-9-21(18(2)14-17)27-23-15-22(20-6-4-3-5-7-20)28-24(29-23)26-16-19-10-12-25-13-11-19/h3-15H,16H2,1-2H3,(H2,26,27,28,29). The van der Waals surface area contributed by atoms with Gasteiger partial charge >= 0.3 is 0 Å². The zero-order valence-electron chi connectivity index (χ0n) is 16.6. The molecule has 0 aliphatic rings. The van der Waals surface area contributed by atoms with Crippen molar-refractivity contribution in [1.29, 1.82) is 0 Å². The summed E-state index contributed by atoms with van der Waals surface area (Å²) in [5.41, 5.74) is 6.48. The van der Waals surface area contributed by atoms with Gasteiger partial charge in [-0.25, -0.2) is 4.98 Å². The van der Waals surface area contributed by atoms with Crippen LogP contribution in [0.4, 0.5) is 17.5 Å². The van der Waals surface area contributed by atoms with Crippen molar-refractivity contribution in [2.45, 2.75) is 20.4 Å². The van der Waals surface area contributed by atoms with Crippen molar-refractivity contribution in [1.82, 2.24) is 15.0 Å². The largest absolute Gasteiger partial charge is 0.350 e. The molecule has 4 aromatic rings. The number of pyridine rings is 1. The molecule has 0 atom stereocenters. The first-order valence-corrected chi connectivity index (χ1v) is 9.59. The molecule has 0 amide bonds. The van der Waals surface area contributed by atoms with E-state index in [1.807, 2.05) is 36.4 Å². The molecule has 0 spiro atoms. The minimum Gasteiger partial charge on any atom is -0.350 e. The molecular weight excluding hydrogens is 358 g/mol. The molecule has 0 unspecified atom stereocenters. The summed E-state index contributed by atoms with van der Waals surface area (Å²) in [5, 5.41) is 6.78. The summed E-state index contributed by atoms with van der Waals surface area (Å²) in [5.74, 6) is 1.33. The van der Waals surface area contributed by atoms with Gasteiger partial charge in [0.2, 0.25) is 5.95 Å². The van der Waals surface area contributed by atoms with Crippen LogP contribution < -0.4 is 10.6 Å². The molecule has 0 bridgehead atoms. The predicted molar refractivity (Wildman–Crippen MR) is 118 cm³/mol. The van der Waals surface area contributed by atoms with Crippen molar-refractivity contribution in [2.75, 3.05) is 10.6 Å². The lowest BCUT2D eigenvalue weighted by molar-refractivity contribution is 1.05. The SMILES string of the molecule is Cc1ccc(Nc2cc(-c3ccccc3)nc(NCc3ccncc3)n2)c(C)c1. The topological polar surface area (TPSA) is 62.7 Å². The van der Waals surface area contributed by atoms with Crippen LogP contribution >= 0.6 is 0 Å². The van der Waals surface area contributed by atoms with Crippen molar-refractivity contribution in [3.8, 4) is 11.3 Å². The lowest BCUT2D eigenvalue weighted by Crippen LogP contribution is -2.06. The molecular formula is C24H23N5. The highest BCUT2D eigenvalue weighted by Gasteiger charge is 2.08. The van der Waals surface area contributed by atoms with E-state index in [1.165, 1.54) is 11.1 Å². The minimum atomic E-state index is 0.579. The van der Waals surface area contributed by atoms with E-state index in [0.717, 1.165) is 28.3 Å². The first-order valence-electron chi connectivity index (χ1n) is 9.59. The van der Waals surface area contributed by atoms with Crippen LogP contribution in [0.2, 0.25) is 0 Å². The van der Waals surface area contributed by atoms with Crippen LogP contribution in [-0.2, 0) is 6.54 Å². The van der Waals surface area contributed by atoms with Crippen LogP contribution in [0.5, 0.6) is 0 Å². The lowest BCUT2D eigenvalue weighted by Gasteiger charge is -2.13. The molecule has 2 heterocycles. The number of aryl methyl sites for hydroxylation is 2. The van der Waals surface area contributed by atoms with Gasteiger partial charge in [-0.1, -0.05) is 48.0 Å². The van der Waals surface area contributed by atoms with E-state index in [2.05, 4.69) is 64.8 Å². The van der Waals surface area contributed by atoms with Gasteiger partial charge in [0.05, 0.1) is 5.69 Å². The summed E-state index contributed by atoms with van der Waals surface area (Å²) in [7, 11) is 0. The summed E-state index contributed by atoms with van der Waals surface area (Å²) in [6.07, 6.45) is 3.57. The van der Waals surface area contributed by atoms with Crippen molar-refractivity contribution in [2.24, 2.45) is 0 Å². The second kappa shape index (κ2) is 8.52. The van der Waals surface area contributed by atoms with E-state index < -0.39 is 0 Å². The number of benzene rings is 2. The first-order chi connectivity index (χ1) is 14.2. The maximum Gasteiger partial charge on any atom is 0.225 e. The number of anilines is 3. The fourth-order valence-electron chi connectivity index (χ4n) is 3.12. The van der Waals surface area contributed by atoms with E-state index in [1.54, 1.807) is 12.4 Å². The van der Waals surface area contributed by atoms with Crippen LogP contribution in [-0.4, -0.2) is 15.0 Å². The molecule has 0 radical (unpaired) electrons. The summed E-state index contributed by atoms with van der Waals surface area (Å²) < 4.78 is 0. The molecule has 144 valence electrons. The minimum absolute atomic E-state index is 0.579. The van der Waals surface area contributed by atoms with Gasteiger partial charge in [0.1, 0.15) is 5.82 Å². The third-order valence-corrected chi connectivity index (χ3v) is 4.64. The van der Waals surface area contributed by atoms with Crippen molar-refractivity contribution < 1.29 is 0 Å². The molecule has 5 heteroatoms. The Labute approximate surface area is 170 Å². The number of aromatic nitrogens is 3. The molecule has 0 saturated heterocycles. The molecule has 5 nitrogen and oxygen atoms in total. The number of rotatable bonds is 6. The van der Waals surface area contributed by atoms with Gasteiger partial charge in [-0.3, -0.25) is 4.98 Å². The number of nitrogens with one attached hydrogen (secondary N) is 2. The molecule has 2 aromatic carbocycles. The Bertz CT molecular complexity index is 1090. The smallest absolute Gasteiger partial charge is 0.225 e. The van der Waals surface area contributed by atoms with Crippen molar-refractivity contribution >= 4 is 17.5 Å². The Kier molecular flexibility index (Phi) is 5.47. The van der Waals surface area contributed by atoms with Gasteiger partial charge in [-0.2, -0.15) is 4.98 Å². The van der Waals surface area contributed by atoms with E-state index >= 15 is 0 Å². The maximum atomic E-state index is 4.72. The predicted octanol–water partition coefficient (Wildman–Crippen LogP) is 5.51. The Hall–Kier alpha value is -3.73. The summed E-state index contributed by atoms with van der Waals surface area (Å²) >= 11 is 0. The average Bonchev–Trinajstić information content (AvgIpc) is 2.75. The summed E-state index contributed by atoms with van der Waals surface area (Å²) in [6, 6.07) is 22.4. The van der Waals surface area contributed by atoms with E-state index in [4.69, 9.17) is 4.98 Å². The number of hydrogen-bond donors (Lipinski definition) is 2. The molecule has 4 rings (SSSR count). The van der Waals surface area contributed by atoms with Gasteiger partial charge < -0.3 is 10.6 Å². The number of nitrogens with zero attached hydrogens (tertiary/aromatic N) is 3. The molecule has 29 heavy (non-hydrogen) atoms. The third kappa shape index (κ3) is 4.76. The zero-order chi connectivity index (χ0) is 20.1. The molecule has 0 aliphatic carbocycles. The monoisotopic (exact) mass is 381 g/mol. The van der Waals surface area contributed by atoms with Gasteiger partial charge in [-0.05, 0) is 43.2 Å². The summed E-state index contributed by atoms with van der Waals surface area (Å²) in [6.45, 7) is 4.82. The van der Waals surface area contributed by atoms with Gasteiger partial charge in [0, 0.05) is 36.3 Å². The Morgan fingerprint density at radius 2 is 1.62 bits per heavy atom. The van der Waals surface area contributed by atoms with Crippen LogP contribution in [0.15, 0.2) is 79.1 Å². The van der Waals surface area contributed by atoms with E-state index in [9.17, 15) is 0 Å². The maximum absolute atomic E-state index is 4.72. The molecule has 0 fully saturated rings. The lowest BCUT2D eigenvalue weighted by atomic mass is 10.1. The van der Waals surface area contributed by atoms with E-state index in [-0.39, 0.29) is 0 Å². The Morgan fingerprint density at radius 1 is 0.828 bits per heavy atom. The molecule has 0 saturated carbocycles. The van der Waals surface area contributed by atoms with Crippen LogP contribution in [0.1, 0.15) is 16.7 Å². The summed E-state index contributed by atoms with van der Waals surface area (Å²) in [4.78, 5) is 13.5. The zero-order valence-corrected chi connectivity index (χ0v) is 16.6. The highest BCUT2D eigenvalue weighted by Crippen LogP contribution is 2.25. The van der Waals surface area contributed by atoms with Crippen LogP contribution in [0.25, 0.3) is 11.3 Å². The number of hydrogen-bond acceptors (Lipinski definition) is 5. The second-order valence-electron chi connectivity index (χ2n) is 6.98. The van der Waals surface area contributed by atoms with E-state index in [0.29, 0.717) is 12.5 Å². The second-order valence-corrected chi connectivity index (χ2v) is 6.98. The fourth-order valence-corrected chi connectivity index (χ4v) is 3.12. The van der Waals surface area contributed by atoms with Gasteiger partial charge in [0.15, 0.2) is 0 Å². The van der Waals surface area contributed by atoms with Gasteiger partial charge in [-0.15, -0.1) is 0 Å². The average molecular weight is 381 g/mol. The third-order valence-electron chi connectivity index (χ3n) is 4.64. The van der Waals surface area contributed by atoms with Crippen LogP contribution in [0.3, 0.4) is 0 Å². The molecule has 2 aromatic heterocycles. The first kappa shape index (κ1) is 18.6. The highest BCUT2D eigenvalue weighted by molar-refractivity contribution is 5.68. The van der Waals surface area contributed by atoms with Crippen molar-refractivity contribution in [3.05, 3.63) is 95.8 Å². The highest BCUT2D eigenvalue weighted by atomic mass is 15.1. The Balaban J connectivity index is 1.66. The molecule has 0 aliphatic heterocycles. The van der Waals surface area contributed by atoms with Crippen LogP contribution in [0, 0.1) is 13.8 Å².